The van der Waals surface area contributed by atoms with Crippen LogP contribution in [0.3, 0.4) is 0 Å². The zero-order chi connectivity index (χ0) is 15.6. The molecule has 1 aromatic rings. The Morgan fingerprint density at radius 1 is 1.05 bits per heavy atom. The molecule has 0 amide bonds. The van der Waals surface area contributed by atoms with Crippen molar-refractivity contribution >= 4 is 15.9 Å². The van der Waals surface area contributed by atoms with E-state index in [-0.39, 0.29) is 10.8 Å². The van der Waals surface area contributed by atoms with E-state index in [4.69, 9.17) is 4.74 Å². The highest BCUT2D eigenvalue weighted by atomic mass is 79.9. The Balaban J connectivity index is 3.12. The summed E-state index contributed by atoms with van der Waals surface area (Å²) in [5, 5.41) is 0.970. The molecule has 1 aromatic carbocycles. The van der Waals surface area contributed by atoms with E-state index in [2.05, 4.69) is 82.6 Å². The molecule has 0 radical (unpaired) electrons. The minimum absolute atomic E-state index is 0.0915. The second-order valence-corrected chi connectivity index (χ2v) is 8.43. The molecule has 0 heterocycles. The van der Waals surface area contributed by atoms with E-state index in [1.54, 1.807) is 0 Å². The first-order chi connectivity index (χ1) is 9.05. The molecule has 20 heavy (non-hydrogen) atoms. The molecule has 0 spiro atoms. The number of benzene rings is 1. The van der Waals surface area contributed by atoms with E-state index in [9.17, 15) is 0 Å². The standard InChI is InChI=1S/C18H29BrO/c1-13(11-19)12-20-16-9-8-14(17(2,3)4)10-15(16)18(5,6)7/h8-10,13H,11-12H2,1-7H3. The van der Waals surface area contributed by atoms with E-state index in [0.717, 1.165) is 17.7 Å². The lowest BCUT2D eigenvalue weighted by Gasteiger charge is -2.27. The normalized spacial score (nSPS) is 14.2. The lowest BCUT2D eigenvalue weighted by atomic mass is 9.80. The molecule has 114 valence electrons. The van der Waals surface area contributed by atoms with Crippen molar-refractivity contribution in [3.63, 3.8) is 0 Å². The fraction of sp³-hybridized carbons (Fsp3) is 0.667. The summed E-state index contributed by atoms with van der Waals surface area (Å²) in [6.45, 7) is 16.4. The summed E-state index contributed by atoms with van der Waals surface area (Å²) in [7, 11) is 0. The molecule has 0 N–H and O–H groups in total. The highest BCUT2D eigenvalue weighted by Crippen LogP contribution is 2.35. The third-order valence-electron chi connectivity index (χ3n) is 3.44. The Morgan fingerprint density at radius 2 is 1.65 bits per heavy atom. The van der Waals surface area contributed by atoms with Crippen LogP contribution in [0.5, 0.6) is 5.75 Å². The summed E-state index contributed by atoms with van der Waals surface area (Å²) in [6.07, 6.45) is 0. The zero-order valence-corrected chi connectivity index (χ0v) is 15.6. The summed E-state index contributed by atoms with van der Waals surface area (Å²) in [4.78, 5) is 0. The summed E-state index contributed by atoms with van der Waals surface area (Å²) in [6, 6.07) is 6.65. The van der Waals surface area contributed by atoms with Crippen molar-refractivity contribution in [1.29, 1.82) is 0 Å². The van der Waals surface area contributed by atoms with E-state index < -0.39 is 0 Å². The zero-order valence-electron chi connectivity index (χ0n) is 14.0. The molecule has 1 nitrogen and oxygen atoms in total. The van der Waals surface area contributed by atoms with Gasteiger partial charge in [-0.3, -0.25) is 0 Å². The largest absolute Gasteiger partial charge is 0.493 e. The van der Waals surface area contributed by atoms with Gasteiger partial charge in [0, 0.05) is 5.33 Å². The Hall–Kier alpha value is -0.500. The molecule has 1 unspecified atom stereocenters. The third kappa shape index (κ3) is 4.80. The molecule has 0 aliphatic rings. The number of hydrogen-bond donors (Lipinski definition) is 0. The van der Waals surface area contributed by atoms with Crippen LogP contribution in [-0.4, -0.2) is 11.9 Å². The highest BCUT2D eigenvalue weighted by Gasteiger charge is 2.23. The number of alkyl halides is 1. The predicted molar refractivity (Wildman–Crippen MR) is 92.3 cm³/mol. The van der Waals surface area contributed by atoms with Crippen molar-refractivity contribution in [3.05, 3.63) is 29.3 Å². The minimum atomic E-state index is 0.0915. The van der Waals surface area contributed by atoms with Gasteiger partial charge < -0.3 is 4.74 Å². The maximum absolute atomic E-state index is 6.05. The van der Waals surface area contributed by atoms with Crippen LogP contribution in [-0.2, 0) is 10.8 Å². The van der Waals surface area contributed by atoms with Crippen molar-refractivity contribution in [2.75, 3.05) is 11.9 Å². The van der Waals surface area contributed by atoms with Crippen molar-refractivity contribution in [3.8, 4) is 5.75 Å². The smallest absolute Gasteiger partial charge is 0.123 e. The van der Waals surface area contributed by atoms with Gasteiger partial charge >= 0.3 is 0 Å². The van der Waals surface area contributed by atoms with Crippen LogP contribution < -0.4 is 4.74 Å². The van der Waals surface area contributed by atoms with Gasteiger partial charge in [0.2, 0.25) is 0 Å². The maximum Gasteiger partial charge on any atom is 0.123 e. The van der Waals surface area contributed by atoms with Crippen LogP contribution in [0.25, 0.3) is 0 Å². The molecule has 0 aliphatic heterocycles. The van der Waals surface area contributed by atoms with Crippen LogP contribution in [0.15, 0.2) is 18.2 Å². The fourth-order valence-corrected chi connectivity index (χ4v) is 2.17. The molecule has 2 heteroatoms. The Bertz CT molecular complexity index is 438. The first kappa shape index (κ1) is 17.6. The van der Waals surface area contributed by atoms with E-state index >= 15 is 0 Å². The second-order valence-electron chi connectivity index (χ2n) is 7.78. The van der Waals surface area contributed by atoms with Crippen LogP contribution in [0.4, 0.5) is 0 Å². The topological polar surface area (TPSA) is 9.23 Å². The summed E-state index contributed by atoms with van der Waals surface area (Å²) in [5.41, 5.74) is 2.92. The van der Waals surface area contributed by atoms with Crippen molar-refractivity contribution in [2.24, 2.45) is 5.92 Å². The first-order valence-corrected chi connectivity index (χ1v) is 8.51. The molecule has 0 bridgehead atoms. The van der Waals surface area contributed by atoms with Crippen molar-refractivity contribution in [2.45, 2.75) is 59.3 Å². The van der Waals surface area contributed by atoms with Gasteiger partial charge in [-0.05, 0) is 33.9 Å². The van der Waals surface area contributed by atoms with E-state index in [1.165, 1.54) is 11.1 Å². The summed E-state index contributed by atoms with van der Waals surface area (Å²) >= 11 is 3.50. The lowest BCUT2D eigenvalue weighted by molar-refractivity contribution is 0.267. The van der Waals surface area contributed by atoms with Gasteiger partial charge in [0.05, 0.1) is 6.61 Å². The monoisotopic (exact) mass is 340 g/mol. The first-order valence-electron chi connectivity index (χ1n) is 7.39. The third-order valence-corrected chi connectivity index (χ3v) is 4.55. The average molecular weight is 341 g/mol. The molecule has 0 aromatic heterocycles. The number of ether oxygens (including phenoxy) is 1. The minimum Gasteiger partial charge on any atom is -0.493 e. The molecule has 0 fully saturated rings. The van der Waals surface area contributed by atoms with Crippen molar-refractivity contribution in [1.82, 2.24) is 0 Å². The summed E-state index contributed by atoms with van der Waals surface area (Å²) < 4.78 is 6.05. The Kier molecular flexibility index (Phi) is 5.71. The number of rotatable bonds is 4. The lowest BCUT2D eigenvalue weighted by Crippen LogP contribution is -2.19. The fourth-order valence-electron chi connectivity index (χ4n) is 1.99. The molecule has 0 saturated carbocycles. The maximum atomic E-state index is 6.05. The SMILES string of the molecule is CC(CBr)COc1ccc(C(C)(C)C)cc1C(C)(C)C. The highest BCUT2D eigenvalue weighted by molar-refractivity contribution is 9.09. The van der Waals surface area contributed by atoms with Crippen LogP contribution in [0.1, 0.15) is 59.6 Å². The van der Waals surface area contributed by atoms with Gasteiger partial charge in [-0.1, -0.05) is 76.5 Å². The summed E-state index contributed by atoms with van der Waals surface area (Å²) in [5.74, 6) is 1.54. The molecule has 0 aliphatic carbocycles. The molecule has 0 saturated heterocycles. The average Bonchev–Trinajstić information content (AvgIpc) is 2.33. The van der Waals surface area contributed by atoms with E-state index in [1.807, 2.05) is 0 Å². The molecular weight excluding hydrogens is 312 g/mol. The number of halogens is 1. The van der Waals surface area contributed by atoms with Gasteiger partial charge in [-0.15, -0.1) is 0 Å². The quantitative estimate of drug-likeness (QED) is 0.639. The predicted octanol–water partition coefficient (Wildman–Crippen LogP) is 5.69. The van der Waals surface area contributed by atoms with Gasteiger partial charge in [0.1, 0.15) is 5.75 Å². The van der Waals surface area contributed by atoms with Gasteiger partial charge in [-0.25, -0.2) is 0 Å². The van der Waals surface area contributed by atoms with Crippen LogP contribution >= 0.6 is 15.9 Å². The van der Waals surface area contributed by atoms with Crippen molar-refractivity contribution < 1.29 is 4.74 Å². The number of hydrogen-bond acceptors (Lipinski definition) is 1. The van der Waals surface area contributed by atoms with Crippen LogP contribution in [0, 0.1) is 5.92 Å². The van der Waals surface area contributed by atoms with Gasteiger partial charge in [0.15, 0.2) is 0 Å². The Morgan fingerprint density at radius 3 is 2.10 bits per heavy atom. The van der Waals surface area contributed by atoms with Gasteiger partial charge in [0.25, 0.3) is 0 Å². The Labute approximate surface area is 133 Å². The van der Waals surface area contributed by atoms with Crippen LogP contribution in [0.2, 0.25) is 0 Å². The van der Waals surface area contributed by atoms with E-state index in [0.29, 0.717) is 5.92 Å². The molecular formula is C18H29BrO. The molecule has 1 atom stereocenters. The second kappa shape index (κ2) is 6.51. The van der Waals surface area contributed by atoms with Gasteiger partial charge in [-0.2, -0.15) is 0 Å². The molecule has 1 rings (SSSR count).